The van der Waals surface area contributed by atoms with Crippen LogP contribution in [-0.2, 0) is 9.53 Å². The average molecular weight is 497 g/mol. The predicted molar refractivity (Wildman–Crippen MR) is 130 cm³/mol. The maximum absolute atomic E-state index is 12.5. The molecule has 2 aliphatic rings. The smallest absolute Gasteiger partial charge is 0.325 e. The molecule has 35 heavy (non-hydrogen) atoms. The molecule has 0 unspecified atom stereocenters. The summed E-state index contributed by atoms with van der Waals surface area (Å²) in [5.74, 6) is 1.37. The molecule has 182 valence electrons. The molecule has 0 radical (unpaired) electrons. The van der Waals surface area contributed by atoms with E-state index >= 15 is 0 Å². The van der Waals surface area contributed by atoms with Gasteiger partial charge < -0.3 is 24.4 Å². The van der Waals surface area contributed by atoms with Gasteiger partial charge in [0.25, 0.3) is 0 Å². The first-order valence-corrected chi connectivity index (χ1v) is 12.0. The van der Waals surface area contributed by atoms with E-state index in [0.29, 0.717) is 54.6 Å². The van der Waals surface area contributed by atoms with Gasteiger partial charge in [-0.3, -0.25) is 14.7 Å². The average Bonchev–Trinajstić information content (AvgIpc) is 3.50. The number of hydrogen-bond donors (Lipinski definition) is 2. The standard InChI is InChI=1S/C23H24N6O5S/c1-15-3-2-4-17(11-15)29-22(28-7-9-32-10-8-28)26-27-23(29)35-13-20(30)25-21(31)24-16-5-6-18-19(12-16)34-14-33-18/h2-6,11-12H,7-10,13-14H2,1H3,(H2,24,25,30,31). The van der Waals surface area contributed by atoms with Gasteiger partial charge in [0.1, 0.15) is 0 Å². The van der Waals surface area contributed by atoms with E-state index < -0.39 is 11.9 Å². The zero-order chi connectivity index (χ0) is 24.2. The van der Waals surface area contributed by atoms with Crippen molar-refractivity contribution in [1.82, 2.24) is 20.1 Å². The van der Waals surface area contributed by atoms with Gasteiger partial charge in [-0.2, -0.15) is 0 Å². The van der Waals surface area contributed by atoms with Gasteiger partial charge in [-0.15, -0.1) is 10.2 Å². The number of imide groups is 1. The van der Waals surface area contributed by atoms with Crippen LogP contribution in [0.4, 0.5) is 16.4 Å². The summed E-state index contributed by atoms with van der Waals surface area (Å²) in [5.41, 5.74) is 2.49. The largest absolute Gasteiger partial charge is 0.454 e. The fraction of sp³-hybridized carbons (Fsp3) is 0.304. The number of anilines is 2. The number of amides is 3. The first-order valence-electron chi connectivity index (χ1n) is 11.1. The molecule has 5 rings (SSSR count). The molecule has 3 aromatic rings. The van der Waals surface area contributed by atoms with Gasteiger partial charge in [0.15, 0.2) is 16.7 Å². The molecule has 1 saturated heterocycles. The van der Waals surface area contributed by atoms with Gasteiger partial charge in [-0.1, -0.05) is 23.9 Å². The summed E-state index contributed by atoms with van der Waals surface area (Å²) in [6.45, 7) is 4.79. The van der Waals surface area contributed by atoms with Crippen LogP contribution in [0.1, 0.15) is 5.56 Å². The lowest BCUT2D eigenvalue weighted by atomic mass is 10.2. The molecule has 11 nitrogen and oxygen atoms in total. The van der Waals surface area contributed by atoms with E-state index in [0.717, 1.165) is 11.3 Å². The number of morpholine rings is 1. The Hall–Kier alpha value is -3.77. The molecule has 3 heterocycles. The third kappa shape index (κ3) is 5.33. The maximum atomic E-state index is 12.5. The second-order valence-corrected chi connectivity index (χ2v) is 8.86. The zero-order valence-corrected chi connectivity index (χ0v) is 19.8. The van der Waals surface area contributed by atoms with E-state index in [-0.39, 0.29) is 12.5 Å². The van der Waals surface area contributed by atoms with E-state index in [4.69, 9.17) is 14.2 Å². The highest BCUT2D eigenvalue weighted by molar-refractivity contribution is 7.99. The fourth-order valence-electron chi connectivity index (χ4n) is 3.75. The van der Waals surface area contributed by atoms with Crippen molar-refractivity contribution >= 4 is 35.3 Å². The highest BCUT2D eigenvalue weighted by Crippen LogP contribution is 2.34. The van der Waals surface area contributed by atoms with Crippen LogP contribution in [0.25, 0.3) is 5.69 Å². The number of aromatic nitrogens is 3. The van der Waals surface area contributed by atoms with Crippen LogP contribution >= 0.6 is 11.8 Å². The van der Waals surface area contributed by atoms with Crippen LogP contribution in [0.5, 0.6) is 11.5 Å². The number of hydrogen-bond acceptors (Lipinski definition) is 9. The summed E-state index contributed by atoms with van der Waals surface area (Å²) in [5, 5.41) is 14.3. The molecule has 2 N–H and O–H groups in total. The highest BCUT2D eigenvalue weighted by Gasteiger charge is 2.23. The number of aryl methyl sites for hydroxylation is 1. The van der Waals surface area contributed by atoms with E-state index in [1.807, 2.05) is 35.8 Å². The SMILES string of the molecule is Cc1cccc(-n2c(SCC(=O)NC(=O)Nc3ccc4c(c3)OCO4)nnc2N2CCOCC2)c1. The summed E-state index contributed by atoms with van der Waals surface area (Å²) in [4.78, 5) is 26.9. The molecule has 2 aliphatic heterocycles. The molecule has 1 fully saturated rings. The normalized spacial score (nSPS) is 14.6. The van der Waals surface area contributed by atoms with Gasteiger partial charge in [-0.25, -0.2) is 4.79 Å². The Morgan fingerprint density at radius 3 is 2.71 bits per heavy atom. The fourth-order valence-corrected chi connectivity index (χ4v) is 4.49. The maximum Gasteiger partial charge on any atom is 0.325 e. The quantitative estimate of drug-likeness (QED) is 0.496. The first-order chi connectivity index (χ1) is 17.1. The van der Waals surface area contributed by atoms with Crippen LogP contribution in [0, 0.1) is 6.92 Å². The summed E-state index contributed by atoms with van der Waals surface area (Å²) in [6, 6.07) is 12.4. The van der Waals surface area contributed by atoms with Gasteiger partial charge in [0.05, 0.1) is 24.7 Å². The number of benzene rings is 2. The molecule has 0 saturated carbocycles. The van der Waals surface area contributed by atoms with Crippen LogP contribution in [0.2, 0.25) is 0 Å². The molecule has 0 atom stereocenters. The lowest BCUT2D eigenvalue weighted by Gasteiger charge is -2.28. The monoisotopic (exact) mass is 496 g/mol. The molecule has 0 aliphatic carbocycles. The topological polar surface area (TPSA) is 120 Å². The van der Waals surface area contributed by atoms with Gasteiger partial charge in [0.2, 0.25) is 18.6 Å². The number of rotatable bonds is 6. The van der Waals surface area contributed by atoms with Gasteiger partial charge in [0, 0.05) is 24.8 Å². The molecule has 2 aromatic carbocycles. The Kier molecular flexibility index (Phi) is 6.73. The summed E-state index contributed by atoms with van der Waals surface area (Å²) in [6.07, 6.45) is 0. The first kappa shape index (κ1) is 23.0. The summed E-state index contributed by atoms with van der Waals surface area (Å²) in [7, 11) is 0. The van der Waals surface area contributed by atoms with Crippen molar-refractivity contribution in [2.45, 2.75) is 12.1 Å². The lowest BCUT2D eigenvalue weighted by Crippen LogP contribution is -2.38. The zero-order valence-electron chi connectivity index (χ0n) is 19.0. The Bertz CT molecular complexity index is 1240. The lowest BCUT2D eigenvalue weighted by molar-refractivity contribution is -0.117. The van der Waals surface area contributed by atoms with Crippen molar-refractivity contribution < 1.29 is 23.8 Å². The number of ether oxygens (including phenoxy) is 3. The molecule has 1 aromatic heterocycles. The third-order valence-electron chi connectivity index (χ3n) is 5.39. The van der Waals surface area contributed by atoms with Crippen molar-refractivity contribution in [3.63, 3.8) is 0 Å². The molecule has 0 bridgehead atoms. The van der Waals surface area contributed by atoms with Crippen LogP contribution in [0.3, 0.4) is 0 Å². The number of carbonyl (C=O) groups is 2. The number of urea groups is 1. The minimum atomic E-state index is -0.636. The van der Waals surface area contributed by atoms with E-state index in [2.05, 4.69) is 25.7 Å². The van der Waals surface area contributed by atoms with E-state index in [9.17, 15) is 9.59 Å². The number of fused-ring (bicyclic) bond motifs is 1. The van der Waals surface area contributed by atoms with Crippen LogP contribution in [-0.4, -0.2) is 65.6 Å². The molecule has 12 heteroatoms. The van der Waals surface area contributed by atoms with Crippen molar-refractivity contribution in [3.8, 4) is 17.2 Å². The number of thioether (sulfide) groups is 1. The van der Waals surface area contributed by atoms with Crippen LogP contribution < -0.4 is 25.0 Å². The Morgan fingerprint density at radius 1 is 1.06 bits per heavy atom. The predicted octanol–water partition coefficient (Wildman–Crippen LogP) is 2.58. The van der Waals surface area contributed by atoms with Crippen LogP contribution in [0.15, 0.2) is 47.6 Å². The summed E-state index contributed by atoms with van der Waals surface area (Å²) >= 11 is 1.21. The Labute approximate surface area is 205 Å². The van der Waals surface area contributed by atoms with Crippen molar-refractivity contribution in [2.24, 2.45) is 0 Å². The van der Waals surface area contributed by atoms with Gasteiger partial charge in [-0.05, 0) is 36.8 Å². The van der Waals surface area contributed by atoms with Crippen molar-refractivity contribution in [2.75, 3.05) is 49.1 Å². The minimum absolute atomic E-state index is 0.0123. The summed E-state index contributed by atoms with van der Waals surface area (Å²) < 4.78 is 18.0. The third-order valence-corrected chi connectivity index (χ3v) is 6.31. The van der Waals surface area contributed by atoms with Gasteiger partial charge >= 0.3 is 6.03 Å². The van der Waals surface area contributed by atoms with E-state index in [1.54, 1.807) is 18.2 Å². The minimum Gasteiger partial charge on any atom is -0.454 e. The number of nitrogens with zero attached hydrogens (tertiary/aromatic N) is 4. The Balaban J connectivity index is 1.25. The van der Waals surface area contributed by atoms with Crippen molar-refractivity contribution in [3.05, 3.63) is 48.0 Å². The van der Waals surface area contributed by atoms with E-state index in [1.165, 1.54) is 11.8 Å². The number of carbonyl (C=O) groups excluding carboxylic acids is 2. The Morgan fingerprint density at radius 2 is 1.89 bits per heavy atom. The molecule has 0 spiro atoms. The molecule has 3 amide bonds. The highest BCUT2D eigenvalue weighted by atomic mass is 32.2. The number of nitrogens with one attached hydrogen (secondary N) is 2. The second kappa shape index (κ2) is 10.2. The second-order valence-electron chi connectivity index (χ2n) is 7.92. The molecular formula is C23H24N6O5S. The van der Waals surface area contributed by atoms with Crippen molar-refractivity contribution in [1.29, 1.82) is 0 Å². The molecular weight excluding hydrogens is 472 g/mol.